The number of amides is 1. The molecule has 0 fully saturated rings. The summed E-state index contributed by atoms with van der Waals surface area (Å²) >= 11 is 0. The fourth-order valence-electron chi connectivity index (χ4n) is 2.36. The average molecular weight is 346 g/mol. The molecule has 0 atom stereocenters. The Balaban J connectivity index is 2.31. The van der Waals surface area contributed by atoms with Crippen molar-refractivity contribution in [2.24, 2.45) is 0 Å². The highest BCUT2D eigenvalue weighted by atomic mass is 19.1. The molecule has 1 amide bonds. The molecule has 2 rings (SSSR count). The van der Waals surface area contributed by atoms with E-state index >= 15 is 0 Å². The number of hydrogen-bond donors (Lipinski definition) is 2. The van der Waals surface area contributed by atoms with Crippen molar-refractivity contribution < 1.29 is 19.0 Å². The number of carbonyl (C=O) groups is 1. The van der Waals surface area contributed by atoms with Crippen LogP contribution in [-0.4, -0.2) is 21.6 Å². The van der Waals surface area contributed by atoms with Gasteiger partial charge in [-0.3, -0.25) is 4.90 Å². The number of rotatable bonds is 4. The molecule has 2 aromatic carbocycles. The van der Waals surface area contributed by atoms with Crippen LogP contribution in [0.5, 0.6) is 11.5 Å². The van der Waals surface area contributed by atoms with E-state index in [0.717, 1.165) is 5.56 Å². The quantitative estimate of drug-likeness (QED) is 0.781. The van der Waals surface area contributed by atoms with E-state index in [4.69, 9.17) is 10.5 Å². The van der Waals surface area contributed by atoms with E-state index in [2.05, 4.69) is 0 Å². The fraction of sp³-hybridized carbons (Fsp3) is 0.316. The van der Waals surface area contributed by atoms with Gasteiger partial charge in [0.1, 0.15) is 17.3 Å². The van der Waals surface area contributed by atoms with Gasteiger partial charge in [-0.1, -0.05) is 6.07 Å². The normalized spacial score (nSPS) is 11.2. The summed E-state index contributed by atoms with van der Waals surface area (Å²) in [4.78, 5) is 12.8. The molecule has 2 aromatic rings. The smallest absolute Gasteiger partial charge is 0.408 e. The zero-order valence-electron chi connectivity index (χ0n) is 14.8. The van der Waals surface area contributed by atoms with Gasteiger partial charge in [-0.15, -0.1) is 0 Å². The van der Waals surface area contributed by atoms with Gasteiger partial charge >= 0.3 is 6.09 Å². The fourth-order valence-corrected chi connectivity index (χ4v) is 2.36. The molecule has 0 bridgehead atoms. The van der Waals surface area contributed by atoms with Crippen LogP contribution in [0.2, 0.25) is 0 Å². The lowest BCUT2D eigenvalue weighted by atomic mass is 10.0. The molecule has 0 aliphatic carbocycles. The Bertz CT molecular complexity index is 785. The second kappa shape index (κ2) is 7.01. The number of nitrogens with two attached hydrogens (primary N) is 1. The van der Waals surface area contributed by atoms with E-state index in [1.54, 1.807) is 24.3 Å². The Labute approximate surface area is 146 Å². The molecule has 0 spiro atoms. The van der Waals surface area contributed by atoms with Crippen LogP contribution in [0.15, 0.2) is 36.4 Å². The molecule has 6 heteroatoms. The molecule has 0 aliphatic heterocycles. The Kier molecular flexibility index (Phi) is 5.21. The Morgan fingerprint density at radius 3 is 2.52 bits per heavy atom. The number of nitrogen functional groups attached to an aromatic ring is 1. The maximum absolute atomic E-state index is 13.4. The molecule has 0 unspecified atom stereocenters. The zero-order chi connectivity index (χ0) is 18.8. The van der Waals surface area contributed by atoms with Gasteiger partial charge in [0.15, 0.2) is 0 Å². The molecule has 0 radical (unpaired) electrons. The summed E-state index contributed by atoms with van der Waals surface area (Å²) in [5.41, 5.74) is 7.31. The average Bonchev–Trinajstić information content (AvgIpc) is 2.49. The molecule has 0 aromatic heterocycles. The lowest BCUT2D eigenvalue weighted by molar-refractivity contribution is 0.0956. The van der Waals surface area contributed by atoms with Gasteiger partial charge in [-0.2, -0.15) is 0 Å². The van der Waals surface area contributed by atoms with Gasteiger partial charge in [-0.05, 0) is 63.1 Å². The third-order valence-electron chi connectivity index (χ3n) is 3.86. The molecule has 134 valence electrons. The van der Waals surface area contributed by atoms with E-state index in [9.17, 15) is 14.3 Å². The minimum Gasteiger partial charge on any atom is -0.465 e. The highest BCUT2D eigenvalue weighted by molar-refractivity contribution is 5.66. The van der Waals surface area contributed by atoms with Crippen LogP contribution in [0.3, 0.4) is 0 Å². The van der Waals surface area contributed by atoms with Gasteiger partial charge in [0.25, 0.3) is 0 Å². The van der Waals surface area contributed by atoms with E-state index in [1.165, 1.54) is 17.0 Å². The van der Waals surface area contributed by atoms with Crippen molar-refractivity contribution >= 4 is 11.8 Å². The van der Waals surface area contributed by atoms with Crippen molar-refractivity contribution in [3.05, 3.63) is 53.3 Å². The summed E-state index contributed by atoms with van der Waals surface area (Å²) in [6, 6.07) is 9.32. The van der Waals surface area contributed by atoms with Crippen molar-refractivity contribution in [2.75, 3.05) is 5.73 Å². The lowest BCUT2D eigenvalue weighted by Gasteiger charge is -2.33. The number of nitrogens with zero attached hydrogens (tertiary/aromatic N) is 1. The minimum absolute atomic E-state index is 0.129. The second-order valence-corrected chi connectivity index (χ2v) is 6.91. The van der Waals surface area contributed by atoms with E-state index in [1.807, 2.05) is 27.7 Å². The number of halogens is 1. The number of anilines is 1. The molecule has 0 saturated heterocycles. The lowest BCUT2D eigenvalue weighted by Crippen LogP contribution is -2.44. The van der Waals surface area contributed by atoms with Crippen LogP contribution in [0.4, 0.5) is 14.9 Å². The van der Waals surface area contributed by atoms with Crippen LogP contribution in [0, 0.1) is 12.7 Å². The number of carboxylic acid groups (broad SMARTS) is 1. The van der Waals surface area contributed by atoms with E-state index in [-0.39, 0.29) is 12.4 Å². The maximum atomic E-state index is 13.4. The first-order chi connectivity index (χ1) is 11.6. The molecular weight excluding hydrogens is 323 g/mol. The maximum Gasteiger partial charge on any atom is 0.408 e. The van der Waals surface area contributed by atoms with Gasteiger partial charge < -0.3 is 15.6 Å². The Morgan fingerprint density at radius 2 is 1.92 bits per heavy atom. The van der Waals surface area contributed by atoms with Crippen LogP contribution < -0.4 is 10.5 Å². The number of benzene rings is 2. The van der Waals surface area contributed by atoms with Crippen LogP contribution in [-0.2, 0) is 6.54 Å². The predicted molar refractivity (Wildman–Crippen MR) is 95.4 cm³/mol. The van der Waals surface area contributed by atoms with Gasteiger partial charge in [-0.25, -0.2) is 9.18 Å². The molecule has 25 heavy (non-hydrogen) atoms. The molecule has 0 heterocycles. The number of aryl methyl sites for hydroxylation is 1. The number of ether oxygens (including phenoxy) is 1. The van der Waals surface area contributed by atoms with Crippen molar-refractivity contribution in [3.63, 3.8) is 0 Å². The standard InChI is InChI=1S/C19H23FN2O3/c1-12-5-6-14(20)10-17(12)25-15-7-8-16(21)13(9-15)11-22(18(23)24)19(2,3)4/h5-10H,11,21H2,1-4H3,(H,23,24). The van der Waals surface area contributed by atoms with Crippen LogP contribution in [0.25, 0.3) is 0 Å². The second-order valence-electron chi connectivity index (χ2n) is 6.91. The summed E-state index contributed by atoms with van der Waals surface area (Å²) in [5, 5.41) is 9.44. The molecule has 3 N–H and O–H groups in total. The first kappa shape index (κ1) is 18.6. The summed E-state index contributed by atoms with van der Waals surface area (Å²) in [5.74, 6) is 0.486. The first-order valence-corrected chi connectivity index (χ1v) is 7.91. The third-order valence-corrected chi connectivity index (χ3v) is 3.86. The number of hydrogen-bond acceptors (Lipinski definition) is 3. The topological polar surface area (TPSA) is 75.8 Å². The first-order valence-electron chi connectivity index (χ1n) is 7.91. The van der Waals surface area contributed by atoms with Gasteiger partial charge in [0.2, 0.25) is 0 Å². The van der Waals surface area contributed by atoms with E-state index in [0.29, 0.717) is 22.7 Å². The third kappa shape index (κ3) is 4.62. The van der Waals surface area contributed by atoms with Gasteiger partial charge in [0, 0.05) is 17.3 Å². The summed E-state index contributed by atoms with van der Waals surface area (Å²) in [7, 11) is 0. The molecule has 0 aliphatic rings. The van der Waals surface area contributed by atoms with Gasteiger partial charge in [0.05, 0.1) is 6.54 Å². The molecule has 5 nitrogen and oxygen atoms in total. The highest BCUT2D eigenvalue weighted by Gasteiger charge is 2.26. The predicted octanol–water partition coefficient (Wildman–Crippen LogP) is 4.79. The Hall–Kier alpha value is -2.76. The minimum atomic E-state index is -1.03. The summed E-state index contributed by atoms with van der Waals surface area (Å²) < 4.78 is 19.2. The van der Waals surface area contributed by atoms with Crippen molar-refractivity contribution in [2.45, 2.75) is 39.8 Å². The largest absolute Gasteiger partial charge is 0.465 e. The van der Waals surface area contributed by atoms with E-state index < -0.39 is 11.6 Å². The molecular formula is C19H23FN2O3. The molecule has 0 saturated carbocycles. The van der Waals surface area contributed by atoms with Crippen molar-refractivity contribution in [3.8, 4) is 11.5 Å². The monoisotopic (exact) mass is 346 g/mol. The van der Waals surface area contributed by atoms with Crippen LogP contribution >= 0.6 is 0 Å². The Morgan fingerprint density at radius 1 is 1.24 bits per heavy atom. The summed E-state index contributed by atoms with van der Waals surface area (Å²) in [6.45, 7) is 7.39. The van der Waals surface area contributed by atoms with Crippen molar-refractivity contribution in [1.29, 1.82) is 0 Å². The van der Waals surface area contributed by atoms with Crippen molar-refractivity contribution in [1.82, 2.24) is 4.90 Å². The highest BCUT2D eigenvalue weighted by Crippen LogP contribution is 2.29. The summed E-state index contributed by atoms with van der Waals surface area (Å²) in [6.07, 6.45) is -1.03. The zero-order valence-corrected chi connectivity index (χ0v) is 14.8. The van der Waals surface area contributed by atoms with Crippen LogP contribution in [0.1, 0.15) is 31.9 Å². The SMILES string of the molecule is Cc1ccc(F)cc1Oc1ccc(N)c(CN(C(=O)O)C(C)(C)C)c1.